The van der Waals surface area contributed by atoms with Gasteiger partial charge in [-0.25, -0.2) is 4.57 Å². The zero-order valence-electron chi connectivity index (χ0n) is 27.1. The van der Waals surface area contributed by atoms with E-state index in [2.05, 4.69) is 0 Å². The minimum atomic E-state index is -2.36. The van der Waals surface area contributed by atoms with Gasteiger partial charge < -0.3 is 4.42 Å². The Bertz CT molecular complexity index is 1890. The lowest BCUT2D eigenvalue weighted by Gasteiger charge is -2.21. The molecule has 34 heavy (non-hydrogen) atoms. The normalized spacial score (nSPS) is 21.1. The van der Waals surface area contributed by atoms with Crippen LogP contribution in [-0.2, 0) is 12.5 Å². The van der Waals surface area contributed by atoms with Crippen molar-refractivity contribution in [3.05, 3.63) is 88.6 Å². The number of hydrogen-bond donors (Lipinski definition) is 0. The molecule has 2 nitrogen and oxygen atoms in total. The molecule has 0 bridgehead atoms. The van der Waals surface area contributed by atoms with Crippen LogP contribution in [0.4, 0.5) is 0 Å². The zero-order chi connectivity index (χ0) is 29.9. The van der Waals surface area contributed by atoms with Gasteiger partial charge in [0, 0.05) is 37.4 Å². The van der Waals surface area contributed by atoms with Crippen LogP contribution in [0.5, 0.6) is 0 Å². The van der Waals surface area contributed by atoms with Crippen molar-refractivity contribution in [2.45, 2.75) is 52.7 Å². The number of nitrogens with zero attached hydrogens (tertiary/aromatic N) is 1. The molecule has 0 fully saturated rings. The Labute approximate surface area is 211 Å². The highest BCUT2D eigenvalue weighted by atomic mass is 16.3. The molecule has 170 valence electrons. The van der Waals surface area contributed by atoms with Crippen LogP contribution in [-0.4, -0.2) is 0 Å². The summed E-state index contributed by atoms with van der Waals surface area (Å²) in [5.41, 5.74) is 6.48. The minimum Gasteiger partial charge on any atom is -0.455 e. The predicted octanol–water partition coefficient (Wildman–Crippen LogP) is 8.12. The van der Waals surface area contributed by atoms with Crippen molar-refractivity contribution in [3.8, 4) is 22.4 Å². The summed E-state index contributed by atoms with van der Waals surface area (Å²) in [7, 11) is 1.81. The fourth-order valence-electron chi connectivity index (χ4n) is 5.55. The maximum atomic E-state index is 8.72. The largest absolute Gasteiger partial charge is 0.455 e. The molecule has 2 heterocycles. The fraction of sp³-hybridized carbons (Fsp3) is 0.281. The van der Waals surface area contributed by atoms with Crippen molar-refractivity contribution < 1.29 is 18.6 Å². The van der Waals surface area contributed by atoms with Crippen LogP contribution < -0.4 is 4.57 Å². The monoisotopic (exact) mass is 453 g/mol. The second-order valence-electron chi connectivity index (χ2n) is 9.90. The molecule has 2 heteroatoms. The van der Waals surface area contributed by atoms with E-state index in [-0.39, 0.29) is 5.56 Å². The van der Waals surface area contributed by atoms with Crippen molar-refractivity contribution in [1.29, 1.82) is 0 Å². The number of rotatable bonds is 2. The summed E-state index contributed by atoms with van der Waals surface area (Å²) in [6.07, 6.45) is 1.60. The van der Waals surface area contributed by atoms with E-state index in [1.54, 1.807) is 44.6 Å². The van der Waals surface area contributed by atoms with Gasteiger partial charge in [-0.1, -0.05) is 64.0 Å². The lowest BCUT2D eigenvalue weighted by Crippen LogP contribution is -2.32. The van der Waals surface area contributed by atoms with Gasteiger partial charge in [-0.05, 0) is 65.2 Å². The summed E-state index contributed by atoms with van der Waals surface area (Å²) in [6.45, 7) is 2.53. The Morgan fingerprint density at radius 2 is 1.79 bits per heavy atom. The van der Waals surface area contributed by atoms with Gasteiger partial charge in [0.05, 0.1) is 5.56 Å². The summed E-state index contributed by atoms with van der Waals surface area (Å²) in [5, 5.41) is 1.67. The summed E-state index contributed by atoms with van der Waals surface area (Å²) < 4.78 is 66.8. The molecule has 1 atom stereocenters. The summed E-state index contributed by atoms with van der Waals surface area (Å²) in [5.74, 6) is -1.14. The first-order valence-corrected chi connectivity index (χ1v) is 11.6. The Balaban J connectivity index is 1.67. The highest BCUT2D eigenvalue weighted by molar-refractivity contribution is 6.11. The van der Waals surface area contributed by atoms with Gasteiger partial charge >= 0.3 is 0 Å². The van der Waals surface area contributed by atoms with E-state index in [9.17, 15) is 0 Å². The first kappa shape index (κ1) is 14.8. The third-order valence-corrected chi connectivity index (χ3v) is 7.35. The van der Waals surface area contributed by atoms with E-state index in [4.69, 9.17) is 14.0 Å². The molecule has 0 spiro atoms. The molecule has 2 aromatic heterocycles. The van der Waals surface area contributed by atoms with Crippen LogP contribution in [0, 0.1) is 13.8 Å². The van der Waals surface area contributed by atoms with Crippen LogP contribution >= 0.6 is 0 Å². The molecule has 0 saturated heterocycles. The van der Waals surface area contributed by atoms with Crippen molar-refractivity contribution >= 4 is 21.9 Å². The maximum absolute atomic E-state index is 8.72. The molecule has 5 aromatic rings. The van der Waals surface area contributed by atoms with Gasteiger partial charge in [0.2, 0.25) is 5.69 Å². The molecule has 1 aliphatic rings. The smallest absolute Gasteiger partial charge is 0.216 e. The van der Waals surface area contributed by atoms with Crippen LogP contribution in [0.25, 0.3) is 44.3 Å². The highest BCUT2D eigenvalue weighted by Gasteiger charge is 2.36. The SMILES string of the molecule is [2H]C([2H])([2H])c1c[n+](C)c(-c2c(C)ccc3c2oc2cc4c(cc23)C(C)(C([2H])([2H])[2H])c2ccccc2-4)cc1C([2H])(C)C. The number of pyridine rings is 1. The number of hydrogen-bond acceptors (Lipinski definition) is 1. The maximum Gasteiger partial charge on any atom is 0.216 e. The molecular formula is C32H32NO+. The topological polar surface area (TPSA) is 17.0 Å². The predicted molar refractivity (Wildman–Crippen MR) is 141 cm³/mol. The standard InChI is InChI=1S/C32H32NO/c1-18(2)23-15-28(33(7)17-20(23)4)30-19(3)12-13-22-25-14-27-24(16-29(25)34-31(22)30)21-10-8-9-11-26(21)32(27,5)6/h8-18H,1-7H3/q+1/i4D3,5D3,18D. The van der Waals surface area contributed by atoms with Crippen molar-refractivity contribution in [2.24, 2.45) is 7.05 Å². The summed E-state index contributed by atoms with van der Waals surface area (Å²) >= 11 is 0. The first-order valence-electron chi connectivity index (χ1n) is 15.1. The molecule has 0 aliphatic heterocycles. The summed E-state index contributed by atoms with van der Waals surface area (Å²) in [6, 6.07) is 17.4. The quantitative estimate of drug-likeness (QED) is 0.247. The van der Waals surface area contributed by atoms with Gasteiger partial charge in [0.15, 0.2) is 6.20 Å². The summed E-state index contributed by atoms with van der Waals surface area (Å²) in [4.78, 5) is 0. The van der Waals surface area contributed by atoms with E-state index in [0.29, 0.717) is 16.7 Å². The van der Waals surface area contributed by atoms with Crippen LogP contribution in [0.3, 0.4) is 0 Å². The van der Waals surface area contributed by atoms with E-state index in [0.717, 1.165) is 49.8 Å². The van der Waals surface area contributed by atoms with Crippen LogP contribution in [0.2, 0.25) is 0 Å². The third kappa shape index (κ3) is 2.78. The van der Waals surface area contributed by atoms with E-state index in [1.165, 1.54) is 0 Å². The first-order chi connectivity index (χ1) is 18.9. The molecule has 0 saturated carbocycles. The van der Waals surface area contributed by atoms with E-state index in [1.807, 2.05) is 55.5 Å². The van der Waals surface area contributed by atoms with E-state index >= 15 is 0 Å². The Morgan fingerprint density at radius 3 is 2.56 bits per heavy atom. The molecular weight excluding hydrogens is 414 g/mol. The fourth-order valence-corrected chi connectivity index (χ4v) is 5.55. The average molecular weight is 454 g/mol. The molecule has 0 radical (unpaired) electrons. The molecule has 1 aliphatic carbocycles. The molecule has 1 unspecified atom stereocenters. The lowest BCUT2D eigenvalue weighted by molar-refractivity contribution is -0.660. The van der Waals surface area contributed by atoms with Gasteiger partial charge in [-0.3, -0.25) is 0 Å². The number of benzene rings is 3. The number of furan rings is 1. The third-order valence-electron chi connectivity index (χ3n) is 7.35. The lowest BCUT2D eigenvalue weighted by atomic mass is 9.82. The highest BCUT2D eigenvalue weighted by Crippen LogP contribution is 2.51. The number of aryl methyl sites for hydroxylation is 3. The Hall–Kier alpha value is -3.39. The second-order valence-corrected chi connectivity index (χ2v) is 9.90. The number of fused-ring (bicyclic) bond motifs is 6. The number of aromatic nitrogens is 1. The van der Waals surface area contributed by atoms with Crippen molar-refractivity contribution in [2.75, 3.05) is 0 Å². The van der Waals surface area contributed by atoms with E-state index < -0.39 is 25.0 Å². The molecule has 0 amide bonds. The zero-order valence-corrected chi connectivity index (χ0v) is 20.1. The van der Waals surface area contributed by atoms with Crippen LogP contribution in [0.15, 0.2) is 65.2 Å². The molecule has 3 aromatic carbocycles. The van der Waals surface area contributed by atoms with Gasteiger partial charge in [0.1, 0.15) is 18.2 Å². The van der Waals surface area contributed by atoms with Crippen molar-refractivity contribution in [1.82, 2.24) is 0 Å². The minimum absolute atomic E-state index is 0.150. The van der Waals surface area contributed by atoms with Gasteiger partial charge in [-0.2, -0.15) is 0 Å². The van der Waals surface area contributed by atoms with Gasteiger partial charge in [-0.15, -0.1) is 0 Å². The van der Waals surface area contributed by atoms with Gasteiger partial charge in [0.25, 0.3) is 0 Å². The average Bonchev–Trinajstić information content (AvgIpc) is 3.35. The second kappa shape index (κ2) is 7.06. The van der Waals surface area contributed by atoms with Crippen LogP contribution in [0.1, 0.15) is 70.9 Å². The Kier molecular flexibility index (Phi) is 3.07. The molecule has 6 rings (SSSR count). The van der Waals surface area contributed by atoms with Crippen molar-refractivity contribution in [3.63, 3.8) is 0 Å². The molecule has 0 N–H and O–H groups in total. The Morgan fingerprint density at radius 1 is 0.971 bits per heavy atom.